The number of halogens is 2. The zero-order chi connectivity index (χ0) is 23.3. The van der Waals surface area contributed by atoms with Crippen molar-refractivity contribution in [3.63, 3.8) is 0 Å². The first-order chi connectivity index (χ1) is 15.1. The number of hydrogen-bond acceptors (Lipinski definition) is 5. The van der Waals surface area contributed by atoms with E-state index in [0.717, 1.165) is 0 Å². The molecule has 3 heterocycles. The van der Waals surface area contributed by atoms with Crippen LogP contribution in [0.3, 0.4) is 0 Å². The van der Waals surface area contributed by atoms with Gasteiger partial charge in [0.05, 0.1) is 11.1 Å². The van der Waals surface area contributed by atoms with E-state index in [9.17, 15) is 23.9 Å². The average Bonchev–Trinajstić information content (AvgIpc) is 2.89. The number of fused-ring (bicyclic) bond motifs is 4. The van der Waals surface area contributed by atoms with Crippen molar-refractivity contribution in [3.05, 3.63) is 73.9 Å². The number of aromatic hydroxyl groups is 1. The van der Waals surface area contributed by atoms with Crippen LogP contribution < -0.4 is 15.8 Å². The van der Waals surface area contributed by atoms with E-state index in [2.05, 4.69) is 5.32 Å². The van der Waals surface area contributed by atoms with Crippen LogP contribution in [0.25, 0.3) is 0 Å². The second kappa shape index (κ2) is 7.98. The molecular formula is C22H22ClFN4O4. The number of nitrogens with one attached hydrogen (secondary N) is 1. The molecule has 2 atom stereocenters. The molecule has 10 heteroatoms. The Bertz CT molecular complexity index is 1230. The maximum Gasteiger partial charge on any atom is 0.278 e. The molecule has 1 aromatic carbocycles. The Morgan fingerprint density at radius 3 is 2.66 bits per heavy atom. The summed E-state index contributed by atoms with van der Waals surface area (Å²) in [5.74, 6) is -2.77. The molecule has 2 aromatic rings. The Balaban J connectivity index is 1.70. The van der Waals surface area contributed by atoms with Crippen molar-refractivity contribution in [3.8, 4) is 5.75 Å². The predicted molar refractivity (Wildman–Crippen MR) is 117 cm³/mol. The number of pyridine rings is 1. The zero-order valence-electron chi connectivity index (χ0n) is 17.7. The van der Waals surface area contributed by atoms with Crippen LogP contribution in [0.4, 0.5) is 4.39 Å². The van der Waals surface area contributed by atoms with E-state index in [1.165, 1.54) is 21.8 Å². The van der Waals surface area contributed by atoms with Gasteiger partial charge in [0.15, 0.2) is 11.4 Å². The van der Waals surface area contributed by atoms with Gasteiger partial charge in [-0.15, -0.1) is 0 Å². The van der Waals surface area contributed by atoms with Gasteiger partial charge < -0.3 is 15.3 Å². The molecule has 2 aliphatic rings. The molecule has 4 rings (SSSR count). The minimum atomic E-state index is -0.973. The van der Waals surface area contributed by atoms with Crippen LogP contribution in [0.1, 0.15) is 45.8 Å². The van der Waals surface area contributed by atoms with Crippen LogP contribution in [-0.2, 0) is 6.54 Å². The van der Waals surface area contributed by atoms with Gasteiger partial charge in [-0.3, -0.25) is 24.1 Å². The molecule has 0 saturated carbocycles. The molecule has 168 valence electrons. The normalized spacial score (nSPS) is 19.6. The molecule has 1 aromatic heterocycles. The van der Waals surface area contributed by atoms with Crippen molar-refractivity contribution in [2.45, 2.75) is 39.4 Å². The SMILES string of the molecule is Cc1ccc(CNC(=O)c2cn3c(c(O)c2=O)C(=O)N2CN3[C@H](C)C=C[C@@H]2C)c(F)c1Cl. The third-order valence-corrected chi connectivity index (χ3v) is 6.34. The molecule has 0 aliphatic carbocycles. The maximum absolute atomic E-state index is 14.3. The Hall–Kier alpha value is -3.33. The van der Waals surface area contributed by atoms with Crippen LogP contribution in [0.2, 0.25) is 5.02 Å². The third-order valence-electron chi connectivity index (χ3n) is 5.87. The lowest BCUT2D eigenvalue weighted by molar-refractivity contribution is 0.0652. The summed E-state index contributed by atoms with van der Waals surface area (Å²) in [7, 11) is 0. The third kappa shape index (κ3) is 3.42. The van der Waals surface area contributed by atoms with Gasteiger partial charge >= 0.3 is 0 Å². The monoisotopic (exact) mass is 460 g/mol. The summed E-state index contributed by atoms with van der Waals surface area (Å²) in [6, 6.07) is 2.72. The zero-order valence-corrected chi connectivity index (χ0v) is 18.5. The van der Waals surface area contributed by atoms with E-state index in [1.54, 1.807) is 18.0 Å². The van der Waals surface area contributed by atoms with Crippen molar-refractivity contribution in [2.24, 2.45) is 0 Å². The minimum Gasteiger partial charge on any atom is -0.502 e. The summed E-state index contributed by atoms with van der Waals surface area (Å²) in [4.78, 5) is 40.0. The summed E-state index contributed by atoms with van der Waals surface area (Å²) >= 11 is 5.92. The highest BCUT2D eigenvalue weighted by Gasteiger charge is 2.38. The van der Waals surface area contributed by atoms with Crippen molar-refractivity contribution in [2.75, 3.05) is 11.7 Å². The van der Waals surface area contributed by atoms with E-state index >= 15 is 0 Å². The first kappa shape index (κ1) is 21.9. The summed E-state index contributed by atoms with van der Waals surface area (Å²) < 4.78 is 15.7. The van der Waals surface area contributed by atoms with E-state index in [1.807, 2.05) is 26.0 Å². The van der Waals surface area contributed by atoms with E-state index in [-0.39, 0.29) is 47.1 Å². The van der Waals surface area contributed by atoms with Gasteiger partial charge in [-0.1, -0.05) is 35.9 Å². The van der Waals surface area contributed by atoms with Gasteiger partial charge in [-0.05, 0) is 26.3 Å². The van der Waals surface area contributed by atoms with E-state index in [0.29, 0.717) is 5.56 Å². The first-order valence-corrected chi connectivity index (χ1v) is 10.5. The highest BCUT2D eigenvalue weighted by molar-refractivity contribution is 6.31. The fourth-order valence-corrected chi connectivity index (χ4v) is 4.02. The number of nitrogens with zero attached hydrogens (tertiary/aromatic N) is 3. The summed E-state index contributed by atoms with van der Waals surface area (Å²) in [6.07, 6.45) is 5.02. The number of hydrogen-bond donors (Lipinski definition) is 2. The second-order valence-corrected chi connectivity index (χ2v) is 8.37. The molecule has 2 N–H and O–H groups in total. The van der Waals surface area contributed by atoms with Crippen LogP contribution >= 0.6 is 11.6 Å². The first-order valence-electron chi connectivity index (χ1n) is 10.1. The minimum absolute atomic E-state index is 0.0382. The van der Waals surface area contributed by atoms with Crippen molar-refractivity contribution >= 4 is 23.4 Å². The lowest BCUT2D eigenvalue weighted by Crippen LogP contribution is -2.57. The quantitative estimate of drug-likeness (QED) is 0.685. The van der Waals surface area contributed by atoms with Crippen molar-refractivity contribution in [1.29, 1.82) is 0 Å². The van der Waals surface area contributed by atoms with Gasteiger partial charge in [0.2, 0.25) is 5.43 Å². The van der Waals surface area contributed by atoms with Gasteiger partial charge in [-0.25, -0.2) is 4.39 Å². The molecule has 8 nitrogen and oxygen atoms in total. The number of amides is 2. The topological polar surface area (TPSA) is 94.9 Å². The molecule has 0 unspecified atom stereocenters. The fraction of sp³-hybridized carbons (Fsp3) is 0.318. The van der Waals surface area contributed by atoms with Crippen LogP contribution in [0.15, 0.2) is 35.3 Å². The molecular weight excluding hydrogens is 439 g/mol. The molecule has 2 bridgehead atoms. The van der Waals surface area contributed by atoms with E-state index < -0.39 is 28.8 Å². The van der Waals surface area contributed by atoms with E-state index in [4.69, 9.17) is 11.6 Å². The fourth-order valence-electron chi connectivity index (χ4n) is 3.83. The smallest absolute Gasteiger partial charge is 0.278 e. The van der Waals surface area contributed by atoms with Crippen LogP contribution in [-0.4, -0.2) is 45.2 Å². The van der Waals surface area contributed by atoms with Crippen LogP contribution in [0.5, 0.6) is 5.75 Å². The van der Waals surface area contributed by atoms with Gasteiger partial charge in [0, 0.05) is 24.3 Å². The molecule has 2 aliphatic heterocycles. The van der Waals surface area contributed by atoms with Gasteiger partial charge in [-0.2, -0.15) is 0 Å². The Kier molecular flexibility index (Phi) is 5.46. The highest BCUT2D eigenvalue weighted by atomic mass is 35.5. The highest BCUT2D eigenvalue weighted by Crippen LogP contribution is 2.26. The molecule has 0 spiro atoms. The number of aromatic nitrogens is 1. The van der Waals surface area contributed by atoms with Crippen molar-refractivity contribution in [1.82, 2.24) is 14.9 Å². The molecule has 32 heavy (non-hydrogen) atoms. The number of rotatable bonds is 3. The van der Waals surface area contributed by atoms with Gasteiger partial charge in [0.25, 0.3) is 11.8 Å². The molecule has 2 amide bonds. The van der Waals surface area contributed by atoms with Crippen molar-refractivity contribution < 1.29 is 19.1 Å². The number of aryl methyl sites for hydroxylation is 1. The predicted octanol–water partition coefficient (Wildman–Crippen LogP) is 2.28. The molecule has 0 radical (unpaired) electrons. The average molecular weight is 461 g/mol. The Morgan fingerprint density at radius 2 is 1.94 bits per heavy atom. The molecule has 0 saturated heterocycles. The lowest BCUT2D eigenvalue weighted by Gasteiger charge is -2.41. The maximum atomic E-state index is 14.3. The standard InChI is InChI=1S/C22H22ClFN4O4/c1-11-4-7-14(17(24)16(11)23)8-25-21(31)15-9-27-18(20(30)19(15)29)22(32)26-10-28(27)13(3)6-5-12(26)2/h4-7,9,12-13,30H,8,10H2,1-3H3,(H,25,31)/t12-,13+/m0/s1. The second-order valence-electron chi connectivity index (χ2n) is 7.99. The number of carbonyl (C=O) groups is 2. The number of carbonyl (C=O) groups excluding carboxylic acids is 2. The summed E-state index contributed by atoms with van der Waals surface area (Å²) in [6.45, 7) is 5.41. The molecule has 0 fully saturated rings. The lowest BCUT2D eigenvalue weighted by atomic mass is 10.1. The van der Waals surface area contributed by atoms with Crippen LogP contribution in [0, 0.1) is 12.7 Å². The number of benzene rings is 1. The summed E-state index contributed by atoms with van der Waals surface area (Å²) in [5.41, 5.74) is -0.817. The Morgan fingerprint density at radius 1 is 1.25 bits per heavy atom. The largest absolute Gasteiger partial charge is 0.502 e. The Labute approximate surface area is 188 Å². The van der Waals surface area contributed by atoms with Gasteiger partial charge in [0.1, 0.15) is 18.0 Å². The summed E-state index contributed by atoms with van der Waals surface area (Å²) in [5, 5.41) is 14.8.